The molecule has 0 fully saturated rings. The SMILES string of the molecule is CCN(c1ccccc1)c1ncc(C(=O)Nc2c(C)cc(C)cc2Cl)cn1. The third kappa shape index (κ3) is 4.26. The molecule has 0 aliphatic heterocycles. The van der Waals surface area contributed by atoms with Gasteiger partial charge in [-0.1, -0.05) is 35.9 Å². The lowest BCUT2D eigenvalue weighted by molar-refractivity contribution is 0.102. The Labute approximate surface area is 164 Å². The number of carbonyl (C=O) groups excluding carboxylic acids is 1. The topological polar surface area (TPSA) is 58.1 Å². The molecular formula is C21H21ClN4O. The number of halogens is 1. The van der Waals surface area contributed by atoms with E-state index in [0.717, 1.165) is 16.8 Å². The molecule has 1 aromatic heterocycles. The number of para-hydroxylation sites is 1. The van der Waals surface area contributed by atoms with Gasteiger partial charge in [0.25, 0.3) is 5.91 Å². The van der Waals surface area contributed by atoms with E-state index in [1.807, 2.05) is 68.1 Å². The van der Waals surface area contributed by atoms with Crippen LogP contribution in [0.3, 0.4) is 0 Å². The first kappa shape index (κ1) is 18.9. The van der Waals surface area contributed by atoms with Crippen molar-refractivity contribution in [2.45, 2.75) is 20.8 Å². The molecule has 6 heteroatoms. The molecule has 1 N–H and O–H groups in total. The zero-order valence-electron chi connectivity index (χ0n) is 15.5. The number of benzene rings is 2. The highest BCUT2D eigenvalue weighted by atomic mass is 35.5. The van der Waals surface area contributed by atoms with E-state index in [-0.39, 0.29) is 5.91 Å². The molecule has 0 spiro atoms. The Morgan fingerprint density at radius 1 is 1.11 bits per heavy atom. The van der Waals surface area contributed by atoms with Crippen molar-refractivity contribution in [3.8, 4) is 0 Å². The summed E-state index contributed by atoms with van der Waals surface area (Å²) in [7, 11) is 0. The fourth-order valence-electron chi connectivity index (χ4n) is 2.89. The average Bonchev–Trinajstić information content (AvgIpc) is 2.66. The number of hydrogen-bond acceptors (Lipinski definition) is 4. The van der Waals surface area contributed by atoms with E-state index >= 15 is 0 Å². The van der Waals surface area contributed by atoms with Gasteiger partial charge in [0.05, 0.1) is 16.3 Å². The van der Waals surface area contributed by atoms with Crippen molar-refractivity contribution in [1.82, 2.24) is 9.97 Å². The summed E-state index contributed by atoms with van der Waals surface area (Å²) in [5.74, 6) is 0.253. The van der Waals surface area contributed by atoms with Crippen LogP contribution >= 0.6 is 11.6 Å². The van der Waals surface area contributed by atoms with Crippen molar-refractivity contribution >= 4 is 34.8 Å². The molecule has 3 aromatic rings. The van der Waals surface area contributed by atoms with Gasteiger partial charge in [-0.3, -0.25) is 4.79 Å². The zero-order valence-corrected chi connectivity index (χ0v) is 16.3. The van der Waals surface area contributed by atoms with Crippen LogP contribution < -0.4 is 10.2 Å². The van der Waals surface area contributed by atoms with E-state index in [1.54, 1.807) is 0 Å². The third-order valence-electron chi connectivity index (χ3n) is 4.20. The van der Waals surface area contributed by atoms with Gasteiger partial charge in [-0.05, 0) is 50.1 Å². The largest absolute Gasteiger partial charge is 0.320 e. The quantitative estimate of drug-likeness (QED) is 0.664. The summed E-state index contributed by atoms with van der Waals surface area (Å²) in [6.07, 6.45) is 3.06. The number of nitrogens with one attached hydrogen (secondary N) is 1. The first-order valence-electron chi connectivity index (χ1n) is 8.72. The van der Waals surface area contributed by atoms with Gasteiger partial charge >= 0.3 is 0 Å². The number of aromatic nitrogens is 2. The number of nitrogens with zero attached hydrogens (tertiary/aromatic N) is 3. The van der Waals surface area contributed by atoms with Crippen LogP contribution in [0, 0.1) is 13.8 Å². The monoisotopic (exact) mass is 380 g/mol. The van der Waals surface area contributed by atoms with Crippen LogP contribution in [0.1, 0.15) is 28.4 Å². The first-order valence-corrected chi connectivity index (χ1v) is 9.10. The minimum Gasteiger partial charge on any atom is -0.320 e. The van der Waals surface area contributed by atoms with Crippen LogP contribution in [0.4, 0.5) is 17.3 Å². The Morgan fingerprint density at radius 3 is 2.37 bits per heavy atom. The van der Waals surface area contributed by atoms with Crippen LogP contribution in [0.25, 0.3) is 0 Å². The predicted octanol–water partition coefficient (Wildman–Crippen LogP) is 5.16. The smallest absolute Gasteiger partial charge is 0.258 e. The second kappa shape index (κ2) is 8.18. The molecule has 0 unspecified atom stereocenters. The molecule has 27 heavy (non-hydrogen) atoms. The minimum absolute atomic E-state index is 0.293. The maximum absolute atomic E-state index is 12.6. The van der Waals surface area contributed by atoms with Gasteiger partial charge in [0, 0.05) is 24.6 Å². The van der Waals surface area contributed by atoms with Gasteiger partial charge in [0.15, 0.2) is 0 Å². The van der Waals surface area contributed by atoms with E-state index in [2.05, 4.69) is 15.3 Å². The molecule has 3 rings (SSSR count). The lowest BCUT2D eigenvalue weighted by Gasteiger charge is -2.20. The van der Waals surface area contributed by atoms with E-state index in [9.17, 15) is 4.79 Å². The Hall–Kier alpha value is -2.92. The highest BCUT2D eigenvalue weighted by Crippen LogP contribution is 2.28. The summed E-state index contributed by atoms with van der Waals surface area (Å²) < 4.78 is 0. The Bertz CT molecular complexity index is 919. The van der Waals surface area contributed by atoms with E-state index < -0.39 is 0 Å². The highest BCUT2D eigenvalue weighted by Gasteiger charge is 2.14. The molecule has 138 valence electrons. The first-order chi connectivity index (χ1) is 13.0. The van der Waals surface area contributed by atoms with Crippen LogP contribution in [0.2, 0.25) is 5.02 Å². The van der Waals surface area contributed by atoms with Crippen LogP contribution in [-0.4, -0.2) is 22.4 Å². The number of anilines is 3. The van der Waals surface area contributed by atoms with Crippen LogP contribution in [0.5, 0.6) is 0 Å². The summed E-state index contributed by atoms with van der Waals surface area (Å²) in [6, 6.07) is 13.7. The van der Waals surface area contributed by atoms with Gasteiger partial charge < -0.3 is 10.2 Å². The Morgan fingerprint density at radius 2 is 1.78 bits per heavy atom. The Kier molecular flexibility index (Phi) is 5.72. The molecule has 2 aromatic carbocycles. The summed E-state index contributed by atoms with van der Waals surface area (Å²) in [5, 5.41) is 3.37. The molecular weight excluding hydrogens is 360 g/mol. The second-order valence-corrected chi connectivity index (χ2v) is 6.65. The van der Waals surface area contributed by atoms with E-state index in [1.165, 1.54) is 12.4 Å². The number of amides is 1. The number of carbonyl (C=O) groups is 1. The summed E-state index contributed by atoms with van der Waals surface area (Å²) in [5.41, 5.74) is 3.94. The average molecular weight is 381 g/mol. The summed E-state index contributed by atoms with van der Waals surface area (Å²) in [4.78, 5) is 23.3. The van der Waals surface area contributed by atoms with Gasteiger partial charge in [-0.15, -0.1) is 0 Å². The van der Waals surface area contributed by atoms with E-state index in [0.29, 0.717) is 28.8 Å². The van der Waals surface area contributed by atoms with Crippen molar-refractivity contribution in [3.63, 3.8) is 0 Å². The van der Waals surface area contributed by atoms with Gasteiger partial charge in [0.2, 0.25) is 5.95 Å². The molecule has 5 nitrogen and oxygen atoms in total. The standard InChI is InChI=1S/C21H21ClN4O/c1-4-26(17-8-6-5-7-9-17)21-23-12-16(13-24-21)20(27)25-19-15(3)10-14(2)11-18(19)22/h5-13H,4H2,1-3H3,(H,25,27). The number of rotatable bonds is 5. The third-order valence-corrected chi connectivity index (χ3v) is 4.49. The molecule has 0 aliphatic rings. The summed E-state index contributed by atoms with van der Waals surface area (Å²) in [6.45, 7) is 6.61. The molecule has 0 aliphatic carbocycles. The number of hydrogen-bond donors (Lipinski definition) is 1. The lowest BCUT2D eigenvalue weighted by atomic mass is 10.1. The maximum atomic E-state index is 12.6. The van der Waals surface area contributed by atoms with Gasteiger partial charge in [-0.25, -0.2) is 9.97 Å². The molecule has 0 atom stereocenters. The Balaban J connectivity index is 1.80. The van der Waals surface area contributed by atoms with Crippen molar-refractivity contribution in [3.05, 3.63) is 76.6 Å². The minimum atomic E-state index is -0.293. The number of aryl methyl sites for hydroxylation is 2. The molecule has 1 amide bonds. The van der Waals surface area contributed by atoms with Crippen LogP contribution in [0.15, 0.2) is 54.9 Å². The van der Waals surface area contributed by atoms with Crippen molar-refractivity contribution in [2.24, 2.45) is 0 Å². The fraction of sp³-hybridized carbons (Fsp3) is 0.190. The normalized spacial score (nSPS) is 10.5. The van der Waals surface area contributed by atoms with Crippen molar-refractivity contribution in [2.75, 3.05) is 16.8 Å². The van der Waals surface area contributed by atoms with E-state index in [4.69, 9.17) is 11.6 Å². The fourth-order valence-corrected chi connectivity index (χ4v) is 3.25. The van der Waals surface area contributed by atoms with Crippen molar-refractivity contribution < 1.29 is 4.79 Å². The van der Waals surface area contributed by atoms with Gasteiger partial charge in [-0.2, -0.15) is 0 Å². The molecule has 0 radical (unpaired) electrons. The zero-order chi connectivity index (χ0) is 19.4. The van der Waals surface area contributed by atoms with Crippen molar-refractivity contribution in [1.29, 1.82) is 0 Å². The molecule has 0 bridgehead atoms. The maximum Gasteiger partial charge on any atom is 0.258 e. The molecule has 1 heterocycles. The molecule has 0 saturated carbocycles. The lowest BCUT2D eigenvalue weighted by Crippen LogP contribution is -2.20. The van der Waals surface area contributed by atoms with Gasteiger partial charge in [0.1, 0.15) is 0 Å². The second-order valence-electron chi connectivity index (χ2n) is 6.24. The predicted molar refractivity (Wildman–Crippen MR) is 110 cm³/mol. The highest BCUT2D eigenvalue weighted by molar-refractivity contribution is 6.34. The molecule has 0 saturated heterocycles. The van der Waals surface area contributed by atoms with Crippen LogP contribution in [-0.2, 0) is 0 Å². The summed E-state index contributed by atoms with van der Waals surface area (Å²) >= 11 is 6.27.